The Labute approximate surface area is 128 Å². The van der Waals surface area contributed by atoms with Crippen LogP contribution < -0.4 is 11.0 Å². The molecule has 122 valence electrons. The third-order valence-electron chi connectivity index (χ3n) is 3.84. The van der Waals surface area contributed by atoms with Crippen LogP contribution in [0.2, 0.25) is 0 Å². The van der Waals surface area contributed by atoms with Gasteiger partial charge in [0.25, 0.3) is 0 Å². The number of rotatable bonds is 4. The summed E-state index contributed by atoms with van der Waals surface area (Å²) in [4.78, 5) is 38.4. The second kappa shape index (κ2) is 4.96. The molecule has 0 aliphatic heterocycles. The fourth-order valence-corrected chi connectivity index (χ4v) is 2.52. The molecule has 1 saturated carbocycles. The van der Waals surface area contributed by atoms with E-state index in [2.05, 4.69) is 20.5 Å². The van der Waals surface area contributed by atoms with Gasteiger partial charge in [0.1, 0.15) is 11.4 Å². The summed E-state index contributed by atoms with van der Waals surface area (Å²) >= 11 is 0. The number of hydrogen-bond acceptors (Lipinski definition) is 5. The molecule has 0 bridgehead atoms. The van der Waals surface area contributed by atoms with Crippen molar-refractivity contribution in [1.29, 1.82) is 0 Å². The number of carbonyl (C=O) groups is 2. The number of aromatic nitrogens is 3. The first-order chi connectivity index (χ1) is 9.98. The molecule has 1 fully saturated rings. The molecule has 0 spiro atoms. The topological polar surface area (TPSA) is 117 Å². The number of aromatic amines is 2. The van der Waals surface area contributed by atoms with Gasteiger partial charge in [-0.25, -0.2) is 9.89 Å². The Bertz CT molecular complexity index is 652. The van der Waals surface area contributed by atoms with Gasteiger partial charge in [-0.05, 0) is 32.6 Å². The zero-order valence-electron chi connectivity index (χ0n) is 13.5. The number of H-pyrrole nitrogens is 2. The average Bonchev–Trinajstić information content (AvgIpc) is 2.72. The Balaban J connectivity index is 2.09. The molecule has 3 N–H and O–H groups in total. The van der Waals surface area contributed by atoms with Gasteiger partial charge in [0.15, 0.2) is 5.41 Å². The molecule has 1 aliphatic carbocycles. The fourth-order valence-electron chi connectivity index (χ4n) is 2.52. The van der Waals surface area contributed by atoms with Crippen LogP contribution in [0, 0.1) is 10.8 Å². The van der Waals surface area contributed by atoms with Crippen molar-refractivity contribution in [2.75, 3.05) is 0 Å². The minimum Gasteiger partial charge on any atom is -0.459 e. The molecule has 0 saturated heterocycles. The highest BCUT2D eigenvalue weighted by Crippen LogP contribution is 2.64. The molecule has 1 atom stereocenters. The second-order valence-corrected chi connectivity index (χ2v) is 7.27. The first-order valence-corrected chi connectivity index (χ1v) is 7.13. The van der Waals surface area contributed by atoms with Crippen molar-refractivity contribution in [1.82, 2.24) is 20.5 Å². The highest BCUT2D eigenvalue weighted by Gasteiger charge is 2.72. The lowest BCUT2D eigenvalue weighted by Gasteiger charge is -2.25. The Hall–Kier alpha value is -2.12. The van der Waals surface area contributed by atoms with Crippen LogP contribution in [-0.4, -0.2) is 32.7 Å². The van der Waals surface area contributed by atoms with Gasteiger partial charge in [-0.15, -0.1) is 0 Å². The molecule has 8 nitrogen and oxygen atoms in total. The minimum absolute atomic E-state index is 0.0399. The van der Waals surface area contributed by atoms with Gasteiger partial charge < -0.3 is 10.1 Å². The van der Waals surface area contributed by atoms with Gasteiger partial charge in [-0.1, -0.05) is 13.8 Å². The van der Waals surface area contributed by atoms with E-state index in [1.807, 2.05) is 13.8 Å². The van der Waals surface area contributed by atoms with Crippen molar-refractivity contribution in [2.45, 2.75) is 53.2 Å². The van der Waals surface area contributed by atoms with E-state index in [9.17, 15) is 14.4 Å². The summed E-state index contributed by atoms with van der Waals surface area (Å²) in [5.41, 5.74) is -2.75. The summed E-state index contributed by atoms with van der Waals surface area (Å²) in [6.07, 6.45) is 0.428. The van der Waals surface area contributed by atoms with E-state index in [-0.39, 0.29) is 6.54 Å². The summed E-state index contributed by atoms with van der Waals surface area (Å²) < 4.78 is 5.40. The molecule has 1 aliphatic rings. The van der Waals surface area contributed by atoms with Crippen LogP contribution in [-0.2, 0) is 20.9 Å². The van der Waals surface area contributed by atoms with Crippen molar-refractivity contribution in [3.05, 3.63) is 16.3 Å². The molecule has 0 aromatic carbocycles. The van der Waals surface area contributed by atoms with Gasteiger partial charge in [-0.3, -0.25) is 14.6 Å². The highest BCUT2D eigenvalue weighted by molar-refractivity contribution is 6.07. The van der Waals surface area contributed by atoms with Crippen molar-refractivity contribution in [3.63, 3.8) is 0 Å². The zero-order chi connectivity index (χ0) is 16.8. The van der Waals surface area contributed by atoms with Crippen molar-refractivity contribution in [3.8, 4) is 0 Å². The third kappa shape index (κ3) is 2.90. The zero-order valence-corrected chi connectivity index (χ0v) is 13.5. The van der Waals surface area contributed by atoms with E-state index in [1.54, 1.807) is 20.8 Å². The summed E-state index contributed by atoms with van der Waals surface area (Å²) in [5.74, 6) is -0.621. The smallest absolute Gasteiger partial charge is 0.340 e. The third-order valence-corrected chi connectivity index (χ3v) is 3.84. The molecule has 1 heterocycles. The molecule has 8 heteroatoms. The SMILES string of the molecule is CC(C)(C)OC(=O)C1(C(=O)NCc2n[nH]c(=O)[nH]2)CC1(C)C. The average molecular weight is 310 g/mol. The van der Waals surface area contributed by atoms with Crippen LogP contribution in [0.15, 0.2) is 4.79 Å². The van der Waals surface area contributed by atoms with Gasteiger partial charge in [0, 0.05) is 0 Å². The summed E-state index contributed by atoms with van der Waals surface area (Å²) in [7, 11) is 0. The normalized spacial score (nSPS) is 23.0. The van der Waals surface area contributed by atoms with Crippen LogP contribution in [0.25, 0.3) is 0 Å². The molecule has 1 aromatic rings. The summed E-state index contributed by atoms with van der Waals surface area (Å²) in [6, 6.07) is 0. The molecule has 1 aromatic heterocycles. The maximum Gasteiger partial charge on any atom is 0.340 e. The monoisotopic (exact) mass is 310 g/mol. The lowest BCUT2D eigenvalue weighted by atomic mass is 9.94. The molecule has 1 amide bonds. The van der Waals surface area contributed by atoms with Gasteiger partial charge in [-0.2, -0.15) is 5.10 Å². The Morgan fingerprint density at radius 1 is 1.36 bits per heavy atom. The van der Waals surface area contributed by atoms with E-state index in [0.717, 1.165) is 0 Å². The first-order valence-electron chi connectivity index (χ1n) is 7.13. The van der Waals surface area contributed by atoms with Crippen molar-refractivity contribution >= 4 is 11.9 Å². The minimum atomic E-state index is -1.18. The predicted octanol–water partition coefficient (Wildman–Crippen LogP) is 0.472. The molecule has 2 rings (SSSR count). The number of carbonyl (C=O) groups excluding carboxylic acids is 2. The Kier molecular flexibility index (Phi) is 3.67. The number of hydrogen-bond donors (Lipinski definition) is 3. The second-order valence-electron chi connectivity index (χ2n) is 7.27. The number of esters is 1. The molecule has 22 heavy (non-hydrogen) atoms. The predicted molar refractivity (Wildman–Crippen MR) is 77.7 cm³/mol. The van der Waals surface area contributed by atoms with Crippen molar-refractivity contribution in [2.24, 2.45) is 10.8 Å². The molecular weight excluding hydrogens is 288 g/mol. The molecule has 1 unspecified atom stereocenters. The quantitative estimate of drug-likeness (QED) is 0.552. The Morgan fingerprint density at radius 3 is 2.36 bits per heavy atom. The number of amides is 1. The van der Waals surface area contributed by atoms with E-state index in [0.29, 0.717) is 12.2 Å². The van der Waals surface area contributed by atoms with Gasteiger partial charge >= 0.3 is 11.7 Å². The molecular formula is C14H22N4O4. The van der Waals surface area contributed by atoms with E-state index in [4.69, 9.17) is 4.74 Å². The standard InChI is InChI=1S/C14H22N4O4/c1-12(2,3)22-10(20)14(7-13(14,4)5)9(19)15-6-8-16-11(21)18-17-8/h6-7H2,1-5H3,(H,15,19)(H2,16,17,18,21). The van der Waals surface area contributed by atoms with Gasteiger partial charge in [0.2, 0.25) is 5.91 Å². The maximum atomic E-state index is 12.5. The van der Waals surface area contributed by atoms with Crippen LogP contribution >= 0.6 is 0 Å². The fraction of sp³-hybridized carbons (Fsp3) is 0.714. The first kappa shape index (κ1) is 16.3. The maximum absolute atomic E-state index is 12.5. The lowest BCUT2D eigenvalue weighted by molar-refractivity contribution is -0.166. The van der Waals surface area contributed by atoms with Crippen LogP contribution in [0.3, 0.4) is 0 Å². The summed E-state index contributed by atoms with van der Waals surface area (Å²) in [6.45, 7) is 9.04. The summed E-state index contributed by atoms with van der Waals surface area (Å²) in [5, 5.41) is 8.56. The van der Waals surface area contributed by atoms with Crippen molar-refractivity contribution < 1.29 is 14.3 Å². The van der Waals surface area contributed by atoms with Crippen LogP contribution in [0.1, 0.15) is 46.9 Å². The number of ether oxygens (including phenoxy) is 1. The van der Waals surface area contributed by atoms with E-state index < -0.39 is 34.0 Å². The Morgan fingerprint density at radius 2 is 1.95 bits per heavy atom. The van der Waals surface area contributed by atoms with E-state index >= 15 is 0 Å². The van der Waals surface area contributed by atoms with Gasteiger partial charge in [0.05, 0.1) is 6.54 Å². The largest absolute Gasteiger partial charge is 0.459 e. The van der Waals surface area contributed by atoms with Crippen LogP contribution in [0.5, 0.6) is 0 Å². The van der Waals surface area contributed by atoms with E-state index in [1.165, 1.54) is 0 Å². The molecule has 0 radical (unpaired) electrons. The lowest BCUT2D eigenvalue weighted by Crippen LogP contribution is -2.43. The highest BCUT2D eigenvalue weighted by atomic mass is 16.6. The number of nitrogens with one attached hydrogen (secondary N) is 3. The van der Waals surface area contributed by atoms with Crippen LogP contribution in [0.4, 0.5) is 0 Å². The number of nitrogens with zero attached hydrogens (tertiary/aromatic N) is 1.